The van der Waals surface area contributed by atoms with Crippen LogP contribution < -0.4 is 0 Å². The Morgan fingerprint density at radius 2 is 1.10 bits per heavy atom. The van der Waals surface area contributed by atoms with E-state index in [1.165, 1.54) is 129 Å². The lowest BCUT2D eigenvalue weighted by Crippen LogP contribution is -2.36. The largest absolute Gasteiger partial charge is 0.308 e. The van der Waals surface area contributed by atoms with Crippen molar-refractivity contribution in [3.63, 3.8) is 0 Å². The standard InChI is InChI=1S/C59H52N2/c1-57(2,3)37-29-49(58(4,5)6)53-46-26-35(27-47-54-50(61(56(46)47)51(53)30-37)28-36(32-60)52-34-22-24-48(55(52)54)59(7,8)31-34)33-21-23-44-42-19-12-11-17-40(42)38-15-9-10-16-39(38)41-18-13-14-20-43(41)45(44)25-33/h9-21,23,25-30,34,48H,22,24,31H2,1-8H3. The van der Waals surface area contributed by atoms with E-state index in [2.05, 4.69) is 187 Å². The van der Waals surface area contributed by atoms with E-state index in [9.17, 15) is 5.26 Å². The minimum Gasteiger partial charge on any atom is -0.308 e. The van der Waals surface area contributed by atoms with E-state index in [0.717, 1.165) is 12.0 Å². The maximum atomic E-state index is 10.9. The lowest BCUT2D eigenvalue weighted by Gasteiger charge is -2.50. The fourth-order valence-electron chi connectivity index (χ4n) is 12.4. The van der Waals surface area contributed by atoms with Crippen LogP contribution in [-0.4, -0.2) is 4.40 Å². The van der Waals surface area contributed by atoms with Gasteiger partial charge in [-0.2, -0.15) is 5.26 Å². The SMILES string of the molecule is CC(C)(C)c1cc(C(C)(C)C)c2c3cc(-c4ccc5c(c4)-c4ccccc4-c4ccccc4-c4ccccc4-5)cc4c5c6c(c(C#N)cc5n(c2c1)c34)C1CCC6C(C)(C)C1. The topological polar surface area (TPSA) is 28.2 Å². The predicted molar refractivity (Wildman–Crippen MR) is 257 cm³/mol. The molecule has 0 amide bonds. The summed E-state index contributed by atoms with van der Waals surface area (Å²) in [5.41, 5.74) is 22.8. The highest BCUT2D eigenvalue weighted by Crippen LogP contribution is 2.62. The number of benzene rings is 7. The van der Waals surface area contributed by atoms with Gasteiger partial charge in [0.15, 0.2) is 0 Å². The summed E-state index contributed by atoms with van der Waals surface area (Å²) in [7, 11) is 0. The van der Waals surface area contributed by atoms with Crippen LogP contribution in [-0.2, 0) is 10.8 Å². The van der Waals surface area contributed by atoms with Gasteiger partial charge in [-0.15, -0.1) is 0 Å². The molecule has 1 saturated carbocycles. The fraction of sp³-hybridized carbons (Fsp3) is 0.271. The molecule has 2 nitrogen and oxygen atoms in total. The van der Waals surface area contributed by atoms with Gasteiger partial charge in [-0.1, -0.05) is 146 Å². The highest BCUT2D eigenvalue weighted by Gasteiger charge is 2.47. The Labute approximate surface area is 359 Å². The number of aromatic nitrogens is 1. The van der Waals surface area contributed by atoms with Crippen molar-refractivity contribution in [1.82, 2.24) is 4.40 Å². The Kier molecular flexibility index (Phi) is 7.35. The first-order valence-electron chi connectivity index (χ1n) is 22.4. The van der Waals surface area contributed by atoms with Crippen LogP contribution in [0.25, 0.3) is 93.7 Å². The van der Waals surface area contributed by atoms with E-state index in [0.29, 0.717) is 11.8 Å². The van der Waals surface area contributed by atoms with Gasteiger partial charge in [0.25, 0.3) is 0 Å². The first-order valence-corrected chi connectivity index (χ1v) is 22.4. The van der Waals surface area contributed by atoms with Crippen LogP contribution >= 0.6 is 0 Å². The molecule has 0 saturated heterocycles. The quantitative estimate of drug-likeness (QED) is 0.163. The number of rotatable bonds is 1. The summed E-state index contributed by atoms with van der Waals surface area (Å²) in [6.07, 6.45) is 3.51. The monoisotopic (exact) mass is 788 g/mol. The average Bonchev–Trinajstić information content (AvgIpc) is 3.76. The zero-order valence-corrected chi connectivity index (χ0v) is 36.7. The molecule has 1 fully saturated rings. The van der Waals surface area contributed by atoms with Gasteiger partial charge in [-0.25, -0.2) is 0 Å². The van der Waals surface area contributed by atoms with Crippen LogP contribution in [0.3, 0.4) is 0 Å². The summed E-state index contributed by atoms with van der Waals surface area (Å²) in [4.78, 5) is 0. The highest BCUT2D eigenvalue weighted by molar-refractivity contribution is 6.26. The summed E-state index contributed by atoms with van der Waals surface area (Å²) in [6, 6.07) is 49.1. The average molecular weight is 789 g/mol. The number of hydrogen-bond acceptors (Lipinski definition) is 1. The molecule has 0 radical (unpaired) electrons. The molecule has 61 heavy (non-hydrogen) atoms. The van der Waals surface area contributed by atoms with Gasteiger partial charge < -0.3 is 4.40 Å². The van der Waals surface area contributed by atoms with Crippen LogP contribution in [0.2, 0.25) is 0 Å². The van der Waals surface area contributed by atoms with E-state index in [-0.39, 0.29) is 16.2 Å². The third-order valence-corrected chi connectivity index (χ3v) is 15.2. The molecule has 2 unspecified atom stereocenters. The molecule has 0 spiro atoms. The minimum absolute atomic E-state index is 0.0344. The van der Waals surface area contributed by atoms with E-state index in [1.807, 2.05) is 0 Å². The van der Waals surface area contributed by atoms with Crippen LogP contribution in [0, 0.1) is 16.7 Å². The summed E-state index contributed by atoms with van der Waals surface area (Å²) in [6.45, 7) is 19.1. The molecular formula is C59H52N2. The number of hydrogen-bond donors (Lipinski definition) is 0. The molecule has 7 aromatic carbocycles. The van der Waals surface area contributed by atoms with Crippen molar-refractivity contribution in [3.05, 3.63) is 149 Å². The van der Waals surface area contributed by atoms with Gasteiger partial charge in [-0.3, -0.25) is 0 Å². The zero-order valence-electron chi connectivity index (χ0n) is 36.7. The van der Waals surface area contributed by atoms with Crippen LogP contribution in [0.1, 0.15) is 114 Å². The Morgan fingerprint density at radius 3 is 1.64 bits per heavy atom. The third kappa shape index (κ3) is 5.01. The third-order valence-electron chi connectivity index (χ3n) is 15.2. The second-order valence-electron chi connectivity index (χ2n) is 21.3. The summed E-state index contributed by atoms with van der Waals surface area (Å²) in [5, 5.41) is 16.3. The minimum atomic E-state index is -0.0936. The Hall–Kier alpha value is -6.17. The van der Waals surface area contributed by atoms with Crippen molar-refractivity contribution < 1.29 is 0 Å². The normalized spacial score (nSPS) is 17.8. The van der Waals surface area contributed by atoms with Gasteiger partial charge in [0.1, 0.15) is 0 Å². The smallest absolute Gasteiger partial charge is 0.0995 e. The Balaban J connectivity index is 1.23. The van der Waals surface area contributed by atoms with E-state index in [4.69, 9.17) is 0 Å². The second-order valence-corrected chi connectivity index (χ2v) is 21.3. The molecule has 0 aliphatic heterocycles. The van der Waals surface area contributed by atoms with Crippen molar-refractivity contribution in [2.24, 2.45) is 5.41 Å². The van der Waals surface area contributed by atoms with Crippen molar-refractivity contribution >= 4 is 38.1 Å². The number of fused-ring (bicyclic) bond motifs is 16. The Morgan fingerprint density at radius 1 is 0.557 bits per heavy atom. The summed E-state index contributed by atoms with van der Waals surface area (Å²) < 4.78 is 2.57. The van der Waals surface area contributed by atoms with Crippen molar-refractivity contribution in [1.29, 1.82) is 5.26 Å². The summed E-state index contributed by atoms with van der Waals surface area (Å²) >= 11 is 0. The van der Waals surface area contributed by atoms with E-state index < -0.39 is 0 Å². The molecule has 0 N–H and O–H groups in total. The molecule has 2 atom stereocenters. The van der Waals surface area contributed by atoms with Crippen molar-refractivity contribution in [3.8, 4) is 61.7 Å². The second kappa shape index (κ2) is 12.2. The van der Waals surface area contributed by atoms with Crippen LogP contribution in [0.5, 0.6) is 0 Å². The molecule has 13 rings (SSSR count). The Bertz CT molecular complexity index is 3400. The highest BCUT2D eigenvalue weighted by atomic mass is 14.9. The molecular weight excluding hydrogens is 737 g/mol. The maximum absolute atomic E-state index is 10.9. The zero-order chi connectivity index (χ0) is 41.9. The van der Waals surface area contributed by atoms with Crippen LogP contribution in [0.4, 0.5) is 0 Å². The number of nitriles is 1. The first-order chi connectivity index (χ1) is 29.2. The molecule has 2 heterocycles. The van der Waals surface area contributed by atoms with Gasteiger partial charge in [0.2, 0.25) is 0 Å². The van der Waals surface area contributed by atoms with Gasteiger partial charge in [0, 0.05) is 21.5 Å². The fourth-order valence-corrected chi connectivity index (χ4v) is 12.4. The molecule has 9 aromatic rings. The first kappa shape index (κ1) is 36.7. The van der Waals surface area contributed by atoms with Gasteiger partial charge in [-0.05, 0) is 156 Å². The molecule has 298 valence electrons. The van der Waals surface area contributed by atoms with E-state index >= 15 is 0 Å². The number of nitrogens with zero attached hydrogens (tertiary/aromatic N) is 2. The van der Waals surface area contributed by atoms with E-state index in [1.54, 1.807) is 0 Å². The predicted octanol–water partition coefficient (Wildman–Crippen LogP) is 16.3. The van der Waals surface area contributed by atoms with Crippen LogP contribution in [0.15, 0.2) is 121 Å². The maximum Gasteiger partial charge on any atom is 0.0995 e. The molecule has 4 aliphatic rings. The summed E-state index contributed by atoms with van der Waals surface area (Å²) in [5.74, 6) is 0.835. The lowest BCUT2D eigenvalue weighted by atomic mass is 9.54. The molecule has 4 aliphatic carbocycles. The molecule has 2 heteroatoms. The van der Waals surface area contributed by atoms with Crippen molar-refractivity contribution in [2.75, 3.05) is 0 Å². The molecule has 2 bridgehead atoms. The van der Waals surface area contributed by atoms with Gasteiger partial charge in [0.05, 0.1) is 28.2 Å². The molecule has 2 aromatic heterocycles. The lowest BCUT2D eigenvalue weighted by molar-refractivity contribution is 0.157. The van der Waals surface area contributed by atoms with Gasteiger partial charge >= 0.3 is 0 Å². The van der Waals surface area contributed by atoms with Crippen molar-refractivity contribution in [2.45, 2.75) is 97.3 Å².